The number of nitrogens with zero attached hydrogens (tertiary/aromatic N) is 1. The first-order chi connectivity index (χ1) is 10.5. The molecule has 0 saturated carbocycles. The van der Waals surface area contributed by atoms with E-state index in [1.807, 2.05) is 45.0 Å². The summed E-state index contributed by atoms with van der Waals surface area (Å²) in [5.41, 5.74) is 1.61. The second-order valence-electron chi connectivity index (χ2n) is 5.59. The summed E-state index contributed by atoms with van der Waals surface area (Å²) >= 11 is 0. The Morgan fingerprint density at radius 3 is 2.64 bits per heavy atom. The van der Waals surface area contributed by atoms with Gasteiger partial charge in [0.05, 0.1) is 6.07 Å². The fraction of sp³-hybridized carbons (Fsp3) is 0.471. The van der Waals surface area contributed by atoms with Crippen LogP contribution in [0.2, 0.25) is 0 Å². The van der Waals surface area contributed by atoms with Crippen LogP contribution in [-0.2, 0) is 11.2 Å². The monoisotopic (exact) mass is 301 g/mol. The molecule has 0 aliphatic carbocycles. The van der Waals surface area contributed by atoms with Crippen LogP contribution in [0, 0.1) is 17.2 Å². The minimum absolute atomic E-state index is 0.0609. The van der Waals surface area contributed by atoms with Gasteiger partial charge in [-0.25, -0.2) is 0 Å². The molecule has 5 nitrogen and oxygen atoms in total. The smallest absolute Gasteiger partial charge is 0.251 e. The molecule has 1 rings (SSSR count). The number of carbonyl (C=O) groups is 2. The highest BCUT2D eigenvalue weighted by Gasteiger charge is 2.22. The number of rotatable bonds is 7. The number of benzene rings is 1. The summed E-state index contributed by atoms with van der Waals surface area (Å²) in [5, 5.41) is 13.8. The van der Waals surface area contributed by atoms with Crippen LogP contribution in [0.15, 0.2) is 24.3 Å². The average molecular weight is 301 g/mol. The van der Waals surface area contributed by atoms with Crippen molar-refractivity contribution in [1.82, 2.24) is 10.6 Å². The van der Waals surface area contributed by atoms with Crippen molar-refractivity contribution < 1.29 is 9.59 Å². The van der Waals surface area contributed by atoms with E-state index in [1.165, 1.54) is 0 Å². The van der Waals surface area contributed by atoms with Crippen molar-refractivity contribution >= 4 is 11.8 Å². The van der Waals surface area contributed by atoms with E-state index in [2.05, 4.69) is 10.6 Å². The highest BCUT2D eigenvalue weighted by molar-refractivity contribution is 5.97. The standard InChI is InChI=1S/C17H23N3O2/c1-4-13-6-5-7-14(11-13)16(21)20-15(10-12(2)3)17(22)19-9-8-18/h5-7,11-12,15H,4,9-10H2,1-3H3,(H,19,22)(H,20,21)/t15-/m0/s1. The Bertz CT molecular complexity index is 561. The van der Waals surface area contributed by atoms with Gasteiger partial charge in [0.2, 0.25) is 5.91 Å². The Kier molecular flexibility index (Phi) is 7.11. The molecular formula is C17H23N3O2. The van der Waals surface area contributed by atoms with Crippen molar-refractivity contribution in [2.24, 2.45) is 5.92 Å². The van der Waals surface area contributed by atoms with E-state index in [-0.39, 0.29) is 24.3 Å². The van der Waals surface area contributed by atoms with Gasteiger partial charge in [0, 0.05) is 5.56 Å². The Morgan fingerprint density at radius 2 is 2.05 bits per heavy atom. The first kappa shape index (κ1) is 17.7. The maximum absolute atomic E-state index is 12.3. The first-order valence-electron chi connectivity index (χ1n) is 7.52. The van der Waals surface area contributed by atoms with Crippen LogP contribution >= 0.6 is 0 Å². The minimum Gasteiger partial charge on any atom is -0.341 e. The minimum atomic E-state index is -0.633. The molecule has 1 aromatic rings. The van der Waals surface area contributed by atoms with Crippen LogP contribution in [0.5, 0.6) is 0 Å². The summed E-state index contributed by atoms with van der Waals surface area (Å²) in [6, 6.07) is 8.58. The van der Waals surface area contributed by atoms with Crippen molar-refractivity contribution in [2.45, 2.75) is 39.7 Å². The molecule has 2 amide bonds. The number of aryl methyl sites for hydroxylation is 1. The molecule has 5 heteroatoms. The molecule has 1 atom stereocenters. The Morgan fingerprint density at radius 1 is 1.32 bits per heavy atom. The normalized spacial score (nSPS) is 11.6. The van der Waals surface area contributed by atoms with Crippen molar-refractivity contribution in [2.75, 3.05) is 6.54 Å². The molecule has 0 aliphatic heterocycles. The molecule has 0 unspecified atom stereocenters. The number of nitrogens with one attached hydrogen (secondary N) is 2. The van der Waals surface area contributed by atoms with E-state index >= 15 is 0 Å². The number of amides is 2. The van der Waals surface area contributed by atoms with Crippen LogP contribution in [0.4, 0.5) is 0 Å². The number of hydrogen-bond acceptors (Lipinski definition) is 3. The van der Waals surface area contributed by atoms with Gasteiger partial charge in [-0.3, -0.25) is 9.59 Å². The van der Waals surface area contributed by atoms with Crippen LogP contribution < -0.4 is 10.6 Å². The van der Waals surface area contributed by atoms with Gasteiger partial charge < -0.3 is 10.6 Å². The van der Waals surface area contributed by atoms with Crippen molar-refractivity contribution in [3.8, 4) is 6.07 Å². The van der Waals surface area contributed by atoms with E-state index in [0.29, 0.717) is 12.0 Å². The maximum Gasteiger partial charge on any atom is 0.251 e. The molecule has 1 aromatic carbocycles. The number of hydrogen-bond donors (Lipinski definition) is 2. The zero-order chi connectivity index (χ0) is 16.5. The lowest BCUT2D eigenvalue weighted by Crippen LogP contribution is -2.47. The summed E-state index contributed by atoms with van der Waals surface area (Å²) in [4.78, 5) is 24.4. The van der Waals surface area contributed by atoms with Gasteiger partial charge in [0.15, 0.2) is 0 Å². The third-order valence-electron chi connectivity index (χ3n) is 3.27. The zero-order valence-corrected chi connectivity index (χ0v) is 13.3. The predicted octanol–water partition coefficient (Wildman–Crippen LogP) is 2.03. The van der Waals surface area contributed by atoms with Gasteiger partial charge >= 0.3 is 0 Å². The largest absolute Gasteiger partial charge is 0.341 e. The SMILES string of the molecule is CCc1cccc(C(=O)N[C@@H](CC(C)C)C(=O)NCC#N)c1. The highest BCUT2D eigenvalue weighted by Crippen LogP contribution is 2.09. The number of carbonyl (C=O) groups excluding carboxylic acids is 2. The second-order valence-corrected chi connectivity index (χ2v) is 5.59. The molecule has 0 spiro atoms. The van der Waals surface area contributed by atoms with Crippen molar-refractivity contribution in [3.63, 3.8) is 0 Å². The van der Waals surface area contributed by atoms with Crippen LogP contribution in [0.25, 0.3) is 0 Å². The summed E-state index contributed by atoms with van der Waals surface area (Å²) in [6.07, 6.45) is 1.37. The molecule has 0 fully saturated rings. The quantitative estimate of drug-likeness (QED) is 0.756. The van der Waals surface area contributed by atoms with Gasteiger partial charge in [-0.05, 0) is 36.5 Å². The maximum atomic E-state index is 12.3. The van der Waals surface area contributed by atoms with Crippen LogP contribution in [-0.4, -0.2) is 24.4 Å². The molecule has 0 aromatic heterocycles. The highest BCUT2D eigenvalue weighted by atomic mass is 16.2. The molecule has 22 heavy (non-hydrogen) atoms. The third kappa shape index (κ3) is 5.57. The van der Waals surface area contributed by atoms with Crippen LogP contribution in [0.3, 0.4) is 0 Å². The fourth-order valence-electron chi connectivity index (χ4n) is 2.13. The Balaban J connectivity index is 2.81. The van der Waals surface area contributed by atoms with Gasteiger partial charge in [-0.15, -0.1) is 0 Å². The van der Waals surface area contributed by atoms with Gasteiger partial charge in [0.25, 0.3) is 5.91 Å². The summed E-state index contributed by atoms with van der Waals surface area (Å²) in [7, 11) is 0. The summed E-state index contributed by atoms with van der Waals surface area (Å²) in [5.74, 6) is -0.344. The molecule has 0 heterocycles. The topological polar surface area (TPSA) is 82.0 Å². The molecule has 0 aliphatic rings. The van der Waals surface area contributed by atoms with Crippen molar-refractivity contribution in [1.29, 1.82) is 5.26 Å². The van der Waals surface area contributed by atoms with E-state index in [0.717, 1.165) is 12.0 Å². The molecule has 0 radical (unpaired) electrons. The second kappa shape index (κ2) is 8.83. The molecule has 2 N–H and O–H groups in total. The lowest BCUT2D eigenvalue weighted by molar-refractivity contribution is -0.123. The Labute approximate surface area is 131 Å². The first-order valence-corrected chi connectivity index (χ1v) is 7.52. The molecule has 0 saturated heterocycles. The Hall–Kier alpha value is -2.35. The molecular weight excluding hydrogens is 278 g/mol. The van der Waals surface area contributed by atoms with Crippen molar-refractivity contribution in [3.05, 3.63) is 35.4 Å². The van der Waals surface area contributed by atoms with E-state index in [9.17, 15) is 9.59 Å². The zero-order valence-electron chi connectivity index (χ0n) is 13.3. The number of nitriles is 1. The lowest BCUT2D eigenvalue weighted by atomic mass is 10.0. The third-order valence-corrected chi connectivity index (χ3v) is 3.27. The fourth-order valence-corrected chi connectivity index (χ4v) is 2.13. The predicted molar refractivity (Wildman–Crippen MR) is 85.2 cm³/mol. The summed E-state index contributed by atoms with van der Waals surface area (Å²) in [6.45, 7) is 5.92. The van der Waals surface area contributed by atoms with E-state index in [1.54, 1.807) is 6.07 Å². The summed E-state index contributed by atoms with van der Waals surface area (Å²) < 4.78 is 0. The van der Waals surface area contributed by atoms with Gasteiger partial charge in [-0.1, -0.05) is 32.9 Å². The average Bonchev–Trinajstić information content (AvgIpc) is 2.51. The van der Waals surface area contributed by atoms with Gasteiger partial charge in [-0.2, -0.15) is 5.26 Å². The van der Waals surface area contributed by atoms with Gasteiger partial charge in [0.1, 0.15) is 12.6 Å². The van der Waals surface area contributed by atoms with E-state index in [4.69, 9.17) is 5.26 Å². The lowest BCUT2D eigenvalue weighted by Gasteiger charge is -2.19. The van der Waals surface area contributed by atoms with E-state index < -0.39 is 6.04 Å². The molecule has 0 bridgehead atoms. The molecule has 118 valence electrons. The van der Waals surface area contributed by atoms with Crippen LogP contribution in [0.1, 0.15) is 43.1 Å².